The van der Waals surface area contributed by atoms with Crippen molar-refractivity contribution in [2.45, 2.75) is 72.3 Å². The lowest BCUT2D eigenvalue weighted by Crippen LogP contribution is -2.42. The van der Waals surface area contributed by atoms with Crippen LogP contribution in [0.5, 0.6) is 0 Å². The average Bonchev–Trinajstić information content (AvgIpc) is 3.16. The van der Waals surface area contributed by atoms with Crippen molar-refractivity contribution in [3.63, 3.8) is 0 Å². The Hall–Kier alpha value is -2.61. The van der Waals surface area contributed by atoms with E-state index >= 15 is 0 Å². The average molecular weight is 488 g/mol. The zero-order chi connectivity index (χ0) is 24.7. The number of piperidine rings is 1. The van der Waals surface area contributed by atoms with Crippen molar-refractivity contribution < 1.29 is 19.1 Å². The van der Waals surface area contributed by atoms with Gasteiger partial charge in [-0.3, -0.25) is 5.32 Å². The minimum atomic E-state index is -0.500. The molecule has 0 unspecified atom stereocenters. The van der Waals surface area contributed by atoms with Crippen LogP contribution < -0.4 is 5.32 Å². The van der Waals surface area contributed by atoms with Gasteiger partial charge in [0, 0.05) is 23.5 Å². The maximum atomic E-state index is 12.5. The van der Waals surface area contributed by atoms with Gasteiger partial charge < -0.3 is 14.4 Å². The number of ether oxygens (including phenoxy) is 2. The highest BCUT2D eigenvalue weighted by Gasteiger charge is 2.27. The Morgan fingerprint density at radius 2 is 1.91 bits per heavy atom. The highest BCUT2D eigenvalue weighted by Crippen LogP contribution is 2.34. The summed E-state index contributed by atoms with van der Waals surface area (Å²) >= 11 is 1.69. The van der Waals surface area contributed by atoms with E-state index in [1.807, 2.05) is 52.0 Å². The Labute approximate surface area is 206 Å². The molecule has 0 atom stereocenters. The van der Waals surface area contributed by atoms with Crippen molar-refractivity contribution in [2.24, 2.45) is 5.92 Å². The van der Waals surface area contributed by atoms with Gasteiger partial charge in [-0.05, 0) is 71.4 Å². The predicted molar refractivity (Wildman–Crippen MR) is 136 cm³/mol. The molecule has 1 aliphatic heterocycles. The predicted octanol–water partition coefficient (Wildman–Crippen LogP) is 6.66. The normalized spacial score (nSPS) is 14.7. The van der Waals surface area contributed by atoms with Gasteiger partial charge in [-0.25, -0.2) is 14.6 Å². The summed E-state index contributed by atoms with van der Waals surface area (Å²) in [5.74, 6) is 0.224. The number of amides is 2. The molecular formula is C26H37N3O4S. The molecule has 0 spiro atoms. The summed E-state index contributed by atoms with van der Waals surface area (Å²) in [6.45, 7) is 11.4. The first kappa shape index (κ1) is 26.0. The van der Waals surface area contributed by atoms with E-state index in [1.165, 1.54) is 4.88 Å². The minimum Gasteiger partial charge on any atom is -0.449 e. The molecule has 0 aliphatic carbocycles. The van der Waals surface area contributed by atoms with Crippen molar-refractivity contribution in [2.75, 3.05) is 25.0 Å². The number of rotatable bonds is 7. The molecule has 0 saturated carbocycles. The lowest BCUT2D eigenvalue weighted by atomic mass is 9.98. The summed E-state index contributed by atoms with van der Waals surface area (Å²) < 4.78 is 11.0. The number of unbranched alkanes of at least 4 members (excludes halogenated alkanes) is 1. The largest absolute Gasteiger partial charge is 0.449 e. The molecule has 1 N–H and O–H groups in total. The lowest BCUT2D eigenvalue weighted by molar-refractivity contribution is 0.0153. The number of hydrogen-bond donors (Lipinski definition) is 1. The number of likely N-dealkylation sites (tertiary alicyclic amines) is 1. The molecule has 1 aromatic carbocycles. The topological polar surface area (TPSA) is 80.8 Å². The first-order valence-electron chi connectivity index (χ1n) is 12.1. The Morgan fingerprint density at radius 3 is 2.59 bits per heavy atom. The van der Waals surface area contributed by atoms with Gasteiger partial charge in [0.1, 0.15) is 10.6 Å². The van der Waals surface area contributed by atoms with Crippen LogP contribution in [0, 0.1) is 12.8 Å². The van der Waals surface area contributed by atoms with Crippen LogP contribution in [0.1, 0.15) is 63.9 Å². The van der Waals surface area contributed by atoms with Gasteiger partial charge in [0.05, 0.1) is 18.0 Å². The minimum absolute atomic E-state index is 0.224. The number of para-hydroxylation sites is 1. The van der Waals surface area contributed by atoms with Crippen molar-refractivity contribution in [3.8, 4) is 10.6 Å². The molecule has 2 amide bonds. The SMILES string of the molecule is CCCCc1sc(-c2ccccc2NC(=O)OCC2CCN(C(=O)OC(C)(C)C)CC2)nc1C. The van der Waals surface area contributed by atoms with E-state index in [4.69, 9.17) is 14.5 Å². The molecule has 1 fully saturated rings. The number of hydrogen-bond acceptors (Lipinski definition) is 6. The fourth-order valence-electron chi connectivity index (χ4n) is 3.84. The fourth-order valence-corrected chi connectivity index (χ4v) is 4.98. The van der Waals surface area contributed by atoms with E-state index in [2.05, 4.69) is 12.2 Å². The monoisotopic (exact) mass is 487 g/mol. The van der Waals surface area contributed by atoms with Gasteiger partial charge in [-0.15, -0.1) is 11.3 Å². The quantitative estimate of drug-likeness (QED) is 0.472. The second-order valence-electron chi connectivity index (χ2n) is 9.81. The Balaban J connectivity index is 1.52. The van der Waals surface area contributed by atoms with Crippen molar-refractivity contribution in [1.82, 2.24) is 9.88 Å². The molecule has 1 aromatic heterocycles. The zero-order valence-corrected chi connectivity index (χ0v) is 21.8. The first-order chi connectivity index (χ1) is 16.2. The molecule has 2 heterocycles. The van der Waals surface area contributed by atoms with Crippen LogP contribution in [0.2, 0.25) is 0 Å². The maximum absolute atomic E-state index is 12.5. The Bertz CT molecular complexity index is 975. The van der Waals surface area contributed by atoms with Crippen molar-refractivity contribution in [3.05, 3.63) is 34.8 Å². The number of aromatic nitrogens is 1. The van der Waals surface area contributed by atoms with E-state index in [-0.39, 0.29) is 12.0 Å². The highest BCUT2D eigenvalue weighted by molar-refractivity contribution is 7.15. The highest BCUT2D eigenvalue weighted by atomic mass is 32.1. The van der Waals surface area contributed by atoms with Gasteiger partial charge in [0.2, 0.25) is 0 Å². The van der Waals surface area contributed by atoms with E-state index in [0.29, 0.717) is 25.4 Å². The molecule has 1 saturated heterocycles. The summed E-state index contributed by atoms with van der Waals surface area (Å²) in [6.07, 6.45) is 4.13. The number of nitrogens with one attached hydrogen (secondary N) is 1. The first-order valence-corrected chi connectivity index (χ1v) is 13.0. The van der Waals surface area contributed by atoms with Crippen LogP contribution in [-0.4, -0.2) is 47.4 Å². The number of aryl methyl sites for hydroxylation is 2. The van der Waals surface area contributed by atoms with Gasteiger partial charge in [-0.2, -0.15) is 0 Å². The molecule has 1 aliphatic rings. The summed E-state index contributed by atoms with van der Waals surface area (Å²) in [5, 5.41) is 3.81. The van der Waals surface area contributed by atoms with E-state index in [0.717, 1.165) is 48.4 Å². The van der Waals surface area contributed by atoms with E-state index in [9.17, 15) is 9.59 Å². The summed E-state index contributed by atoms with van der Waals surface area (Å²) in [6, 6.07) is 7.69. The third-order valence-corrected chi connectivity index (χ3v) is 7.01. The van der Waals surface area contributed by atoms with E-state index in [1.54, 1.807) is 16.2 Å². The van der Waals surface area contributed by atoms with Crippen LogP contribution in [0.3, 0.4) is 0 Å². The second-order valence-corrected chi connectivity index (χ2v) is 10.9. The van der Waals surface area contributed by atoms with Gasteiger partial charge in [0.15, 0.2) is 0 Å². The Kier molecular flexibility index (Phi) is 8.94. The molecule has 8 heteroatoms. The molecule has 0 bridgehead atoms. The Morgan fingerprint density at radius 1 is 1.21 bits per heavy atom. The van der Waals surface area contributed by atoms with Crippen molar-refractivity contribution >= 4 is 29.2 Å². The third-order valence-electron chi connectivity index (χ3n) is 5.76. The maximum Gasteiger partial charge on any atom is 0.411 e. The fraction of sp³-hybridized carbons (Fsp3) is 0.577. The molecular weight excluding hydrogens is 450 g/mol. The summed E-state index contributed by atoms with van der Waals surface area (Å²) in [7, 11) is 0. The molecule has 186 valence electrons. The van der Waals surface area contributed by atoms with Gasteiger partial charge in [-0.1, -0.05) is 25.5 Å². The van der Waals surface area contributed by atoms with E-state index < -0.39 is 11.7 Å². The number of thiazole rings is 1. The van der Waals surface area contributed by atoms with Crippen LogP contribution in [0.15, 0.2) is 24.3 Å². The molecule has 7 nitrogen and oxygen atoms in total. The smallest absolute Gasteiger partial charge is 0.411 e. The summed E-state index contributed by atoms with van der Waals surface area (Å²) in [4.78, 5) is 32.5. The zero-order valence-electron chi connectivity index (χ0n) is 21.0. The van der Waals surface area contributed by atoms with Crippen LogP contribution in [0.4, 0.5) is 15.3 Å². The molecule has 0 radical (unpaired) electrons. The second kappa shape index (κ2) is 11.7. The van der Waals surface area contributed by atoms with Gasteiger partial charge >= 0.3 is 12.2 Å². The number of carbonyl (C=O) groups is 2. The molecule has 2 aromatic rings. The van der Waals surface area contributed by atoms with Crippen molar-refractivity contribution in [1.29, 1.82) is 0 Å². The molecule has 34 heavy (non-hydrogen) atoms. The number of carbonyl (C=O) groups excluding carboxylic acids is 2. The molecule has 3 rings (SSSR count). The standard InChI is InChI=1S/C26H37N3O4S/c1-6-7-12-22-18(2)27-23(34-22)20-10-8-9-11-21(20)28-24(30)32-17-19-13-15-29(16-14-19)25(31)33-26(3,4)5/h8-11,19H,6-7,12-17H2,1-5H3,(H,28,30). The van der Waals surface area contributed by atoms with Crippen LogP contribution >= 0.6 is 11.3 Å². The van der Waals surface area contributed by atoms with Crippen LogP contribution in [0.25, 0.3) is 10.6 Å². The van der Waals surface area contributed by atoms with Crippen LogP contribution in [-0.2, 0) is 15.9 Å². The lowest BCUT2D eigenvalue weighted by Gasteiger charge is -2.33. The van der Waals surface area contributed by atoms with Gasteiger partial charge in [0.25, 0.3) is 0 Å². The summed E-state index contributed by atoms with van der Waals surface area (Å²) in [5.41, 5.74) is 2.16. The number of anilines is 1. The number of benzene rings is 1. The number of nitrogens with zero attached hydrogens (tertiary/aromatic N) is 2. The third kappa shape index (κ3) is 7.45.